The highest BCUT2D eigenvalue weighted by molar-refractivity contribution is 6.33. The summed E-state index contributed by atoms with van der Waals surface area (Å²) >= 11 is 5.84. The normalized spacial score (nSPS) is 10.2. The molecule has 4 nitrogen and oxygen atoms in total. The fourth-order valence-electron chi connectivity index (χ4n) is 1.64. The van der Waals surface area contributed by atoms with Crippen molar-refractivity contribution in [2.45, 2.75) is 6.61 Å². The number of amides is 1. The van der Waals surface area contributed by atoms with Crippen LogP contribution in [-0.2, 0) is 6.61 Å². The molecule has 0 saturated heterocycles. The molecule has 0 fully saturated rings. The second-order valence-electron chi connectivity index (χ2n) is 4.00. The maximum Gasteiger partial charge on any atom is 0.252 e. The van der Waals surface area contributed by atoms with Crippen LogP contribution in [-0.4, -0.2) is 5.91 Å². The first-order valence-corrected chi connectivity index (χ1v) is 6.01. The highest BCUT2D eigenvalue weighted by Gasteiger charge is 2.08. The molecule has 0 aliphatic heterocycles. The van der Waals surface area contributed by atoms with E-state index in [-0.39, 0.29) is 6.61 Å². The van der Waals surface area contributed by atoms with E-state index in [0.29, 0.717) is 22.0 Å². The van der Waals surface area contributed by atoms with Gasteiger partial charge in [0.05, 0.1) is 16.3 Å². The van der Waals surface area contributed by atoms with E-state index in [1.807, 2.05) is 6.07 Å². The first-order valence-electron chi connectivity index (χ1n) is 5.63. The molecule has 5 heteroatoms. The Bertz CT molecular complexity index is 614. The molecule has 2 rings (SSSR count). The number of halogens is 1. The number of hydrogen-bond donors (Lipinski definition) is 2. The summed E-state index contributed by atoms with van der Waals surface area (Å²) in [5.41, 5.74) is 12.7. The molecule has 98 valence electrons. The SMILES string of the molecule is NC(=O)c1ccccc1OCc1ccc(Cl)c(N)c1. The summed E-state index contributed by atoms with van der Waals surface area (Å²) in [6.07, 6.45) is 0. The zero-order valence-corrected chi connectivity index (χ0v) is 10.9. The molecule has 0 heterocycles. The molecule has 0 radical (unpaired) electrons. The van der Waals surface area contributed by atoms with Gasteiger partial charge in [0.1, 0.15) is 12.4 Å². The van der Waals surface area contributed by atoms with Crippen LogP contribution in [0.2, 0.25) is 5.02 Å². The van der Waals surface area contributed by atoms with Crippen LogP contribution in [0.4, 0.5) is 5.69 Å². The number of ether oxygens (including phenoxy) is 1. The van der Waals surface area contributed by atoms with Gasteiger partial charge in [-0.1, -0.05) is 29.8 Å². The van der Waals surface area contributed by atoms with Gasteiger partial charge in [-0.3, -0.25) is 4.79 Å². The second-order valence-corrected chi connectivity index (χ2v) is 4.41. The molecule has 2 aromatic rings. The lowest BCUT2D eigenvalue weighted by Gasteiger charge is -2.10. The molecule has 19 heavy (non-hydrogen) atoms. The molecular weight excluding hydrogens is 264 g/mol. The Labute approximate surface area is 115 Å². The fourth-order valence-corrected chi connectivity index (χ4v) is 1.76. The minimum Gasteiger partial charge on any atom is -0.488 e. The van der Waals surface area contributed by atoms with Gasteiger partial charge in [-0.05, 0) is 29.8 Å². The molecule has 1 amide bonds. The Hall–Kier alpha value is -2.20. The summed E-state index contributed by atoms with van der Waals surface area (Å²) in [7, 11) is 0. The molecule has 0 saturated carbocycles. The van der Waals surface area contributed by atoms with Crippen molar-refractivity contribution in [3.8, 4) is 5.75 Å². The van der Waals surface area contributed by atoms with Gasteiger partial charge in [0.2, 0.25) is 0 Å². The third-order valence-corrected chi connectivity index (χ3v) is 2.95. The summed E-state index contributed by atoms with van der Waals surface area (Å²) in [5.74, 6) is -0.0743. The quantitative estimate of drug-likeness (QED) is 0.843. The number of benzene rings is 2. The van der Waals surface area contributed by atoms with E-state index in [9.17, 15) is 4.79 Å². The Balaban J connectivity index is 2.14. The smallest absolute Gasteiger partial charge is 0.252 e. The Morgan fingerprint density at radius 3 is 2.63 bits per heavy atom. The average Bonchev–Trinajstić information content (AvgIpc) is 2.40. The minimum atomic E-state index is -0.522. The molecule has 0 bridgehead atoms. The number of carbonyl (C=O) groups excluding carboxylic acids is 1. The standard InChI is InChI=1S/C14H13ClN2O2/c15-11-6-5-9(7-12(11)16)8-19-13-4-2-1-3-10(13)14(17)18/h1-7H,8,16H2,(H2,17,18). The van der Waals surface area contributed by atoms with Crippen molar-refractivity contribution in [1.82, 2.24) is 0 Å². The molecule has 0 unspecified atom stereocenters. The van der Waals surface area contributed by atoms with E-state index in [4.69, 9.17) is 27.8 Å². The number of carbonyl (C=O) groups is 1. The van der Waals surface area contributed by atoms with Crippen molar-refractivity contribution in [2.24, 2.45) is 5.73 Å². The number of hydrogen-bond acceptors (Lipinski definition) is 3. The monoisotopic (exact) mass is 276 g/mol. The molecule has 4 N–H and O–H groups in total. The lowest BCUT2D eigenvalue weighted by atomic mass is 10.2. The van der Waals surface area contributed by atoms with Crippen molar-refractivity contribution in [2.75, 3.05) is 5.73 Å². The lowest BCUT2D eigenvalue weighted by Crippen LogP contribution is -2.12. The summed E-state index contributed by atoms with van der Waals surface area (Å²) in [6, 6.07) is 12.1. The predicted molar refractivity (Wildman–Crippen MR) is 75.2 cm³/mol. The van der Waals surface area contributed by atoms with Crippen LogP contribution in [0.15, 0.2) is 42.5 Å². The summed E-state index contributed by atoms with van der Waals surface area (Å²) in [5, 5.41) is 0.501. The number of primary amides is 1. The van der Waals surface area contributed by atoms with Gasteiger partial charge in [-0.15, -0.1) is 0 Å². The zero-order chi connectivity index (χ0) is 13.8. The van der Waals surface area contributed by atoms with Gasteiger partial charge in [0, 0.05) is 0 Å². The highest BCUT2D eigenvalue weighted by atomic mass is 35.5. The number of nitrogens with two attached hydrogens (primary N) is 2. The van der Waals surface area contributed by atoms with Crippen LogP contribution < -0.4 is 16.2 Å². The third kappa shape index (κ3) is 3.17. The number of para-hydroxylation sites is 1. The van der Waals surface area contributed by atoms with Crippen molar-refractivity contribution in [3.05, 3.63) is 58.6 Å². The summed E-state index contributed by atoms with van der Waals surface area (Å²) in [6.45, 7) is 0.283. The van der Waals surface area contributed by atoms with E-state index in [1.165, 1.54) is 0 Å². The molecule has 0 atom stereocenters. The van der Waals surface area contributed by atoms with Crippen LogP contribution in [0.3, 0.4) is 0 Å². The van der Waals surface area contributed by atoms with E-state index >= 15 is 0 Å². The number of rotatable bonds is 4. The number of nitrogen functional groups attached to an aromatic ring is 1. The van der Waals surface area contributed by atoms with E-state index in [1.54, 1.807) is 36.4 Å². The van der Waals surface area contributed by atoms with Crippen molar-refractivity contribution >= 4 is 23.2 Å². The molecule has 0 aliphatic rings. The topological polar surface area (TPSA) is 78.3 Å². The summed E-state index contributed by atoms with van der Waals surface area (Å²) in [4.78, 5) is 11.2. The van der Waals surface area contributed by atoms with Crippen LogP contribution in [0.5, 0.6) is 5.75 Å². The van der Waals surface area contributed by atoms with Gasteiger partial charge >= 0.3 is 0 Å². The van der Waals surface area contributed by atoms with Gasteiger partial charge in [-0.2, -0.15) is 0 Å². The molecule has 0 aromatic heterocycles. The van der Waals surface area contributed by atoms with E-state index in [0.717, 1.165) is 5.56 Å². The zero-order valence-electron chi connectivity index (χ0n) is 10.1. The van der Waals surface area contributed by atoms with E-state index < -0.39 is 5.91 Å². The summed E-state index contributed by atoms with van der Waals surface area (Å²) < 4.78 is 5.58. The average molecular weight is 277 g/mol. The van der Waals surface area contributed by atoms with Crippen LogP contribution in [0.25, 0.3) is 0 Å². The maximum atomic E-state index is 11.2. The van der Waals surface area contributed by atoms with Crippen LogP contribution >= 0.6 is 11.6 Å². The Kier molecular flexibility index (Phi) is 3.92. The van der Waals surface area contributed by atoms with Gasteiger partial charge in [0.15, 0.2) is 0 Å². The largest absolute Gasteiger partial charge is 0.488 e. The van der Waals surface area contributed by atoms with Crippen molar-refractivity contribution < 1.29 is 9.53 Å². The van der Waals surface area contributed by atoms with Gasteiger partial charge in [0.25, 0.3) is 5.91 Å². The van der Waals surface area contributed by atoms with Crippen LogP contribution in [0.1, 0.15) is 15.9 Å². The maximum absolute atomic E-state index is 11.2. The predicted octanol–water partition coefficient (Wildman–Crippen LogP) is 2.60. The van der Waals surface area contributed by atoms with E-state index in [2.05, 4.69) is 0 Å². The van der Waals surface area contributed by atoms with Crippen molar-refractivity contribution in [3.63, 3.8) is 0 Å². The number of anilines is 1. The lowest BCUT2D eigenvalue weighted by molar-refractivity contribution is 0.0996. The van der Waals surface area contributed by atoms with Gasteiger partial charge in [-0.25, -0.2) is 0 Å². The van der Waals surface area contributed by atoms with Crippen molar-refractivity contribution in [1.29, 1.82) is 0 Å². The highest BCUT2D eigenvalue weighted by Crippen LogP contribution is 2.22. The molecule has 2 aromatic carbocycles. The van der Waals surface area contributed by atoms with Gasteiger partial charge < -0.3 is 16.2 Å². The molecular formula is C14H13ClN2O2. The first kappa shape index (κ1) is 13.2. The van der Waals surface area contributed by atoms with Crippen LogP contribution in [0, 0.1) is 0 Å². The Morgan fingerprint density at radius 2 is 1.95 bits per heavy atom. The first-order chi connectivity index (χ1) is 9.08. The second kappa shape index (κ2) is 5.63. The fraction of sp³-hybridized carbons (Fsp3) is 0.0714. The Morgan fingerprint density at radius 1 is 1.21 bits per heavy atom. The molecule has 0 spiro atoms. The third-order valence-electron chi connectivity index (χ3n) is 2.61. The molecule has 0 aliphatic carbocycles. The minimum absolute atomic E-state index is 0.283.